The van der Waals surface area contributed by atoms with E-state index in [1.165, 1.54) is 17.1 Å². The van der Waals surface area contributed by atoms with Gasteiger partial charge in [-0.05, 0) is 12.0 Å². The largest absolute Gasteiger partial charge is 0.338 e. The minimum Gasteiger partial charge on any atom is -0.338 e. The van der Waals surface area contributed by atoms with Crippen molar-refractivity contribution in [3.63, 3.8) is 0 Å². The molecule has 0 aliphatic carbocycles. The predicted molar refractivity (Wildman–Crippen MR) is 85.1 cm³/mol. The van der Waals surface area contributed by atoms with Crippen molar-refractivity contribution in [3.05, 3.63) is 35.9 Å². The Bertz CT molecular complexity index is 380. The molecule has 5 heteroatoms. The van der Waals surface area contributed by atoms with Crippen LogP contribution in [0.4, 0.5) is 4.79 Å². The normalized spacial score (nSPS) is 18.8. The van der Waals surface area contributed by atoms with Crippen molar-refractivity contribution in [2.45, 2.75) is 11.7 Å². The van der Waals surface area contributed by atoms with Crippen LogP contribution in [0.25, 0.3) is 0 Å². The third-order valence-electron chi connectivity index (χ3n) is 2.92. The number of thioether (sulfide) groups is 2. The van der Waals surface area contributed by atoms with Crippen LogP contribution in [-0.2, 0) is 6.42 Å². The van der Waals surface area contributed by atoms with Crippen LogP contribution >= 0.6 is 23.5 Å². The highest BCUT2D eigenvalue weighted by Gasteiger charge is 2.14. The number of carbonyl (C=O) groups excluding carboxylic acids is 1. The third kappa shape index (κ3) is 5.78. The molecule has 1 aliphatic rings. The van der Waals surface area contributed by atoms with Gasteiger partial charge in [0.05, 0.1) is 0 Å². The lowest BCUT2D eigenvalue weighted by atomic mass is 10.1. The third-order valence-corrected chi connectivity index (χ3v) is 5.76. The number of hydrogen-bond donors (Lipinski definition) is 2. The summed E-state index contributed by atoms with van der Waals surface area (Å²) in [5.74, 6) is 3.59. The van der Waals surface area contributed by atoms with Gasteiger partial charge in [-0.2, -0.15) is 23.5 Å². The summed E-state index contributed by atoms with van der Waals surface area (Å²) in [5, 5.41) is 6.43. The van der Waals surface area contributed by atoms with E-state index in [2.05, 4.69) is 22.8 Å². The van der Waals surface area contributed by atoms with Crippen LogP contribution in [0, 0.1) is 0 Å². The van der Waals surface area contributed by atoms with Gasteiger partial charge < -0.3 is 10.6 Å². The van der Waals surface area contributed by atoms with Crippen molar-refractivity contribution >= 4 is 29.6 Å². The van der Waals surface area contributed by atoms with Crippen LogP contribution in [0.2, 0.25) is 0 Å². The number of nitrogens with one attached hydrogen (secondary N) is 2. The Hall–Kier alpha value is -0.810. The molecule has 2 rings (SSSR count). The maximum absolute atomic E-state index is 11.6. The molecule has 0 bridgehead atoms. The molecule has 1 fully saturated rings. The van der Waals surface area contributed by atoms with Crippen LogP contribution in [0.1, 0.15) is 5.56 Å². The quantitative estimate of drug-likeness (QED) is 0.876. The van der Waals surface area contributed by atoms with Gasteiger partial charge in [0.25, 0.3) is 0 Å². The Morgan fingerprint density at radius 3 is 2.79 bits per heavy atom. The topological polar surface area (TPSA) is 41.1 Å². The van der Waals surface area contributed by atoms with Crippen molar-refractivity contribution in [3.8, 4) is 0 Å². The van der Waals surface area contributed by atoms with Crippen molar-refractivity contribution in [2.75, 3.05) is 30.3 Å². The minimum absolute atomic E-state index is 0.0490. The molecule has 1 unspecified atom stereocenters. The zero-order valence-corrected chi connectivity index (χ0v) is 12.6. The molecule has 1 aliphatic heterocycles. The van der Waals surface area contributed by atoms with Gasteiger partial charge in [-0.25, -0.2) is 4.79 Å². The summed E-state index contributed by atoms with van der Waals surface area (Å²) in [6.07, 6.45) is 0.877. The Morgan fingerprint density at radius 2 is 2.05 bits per heavy atom. The van der Waals surface area contributed by atoms with Gasteiger partial charge >= 0.3 is 6.03 Å². The molecule has 0 saturated carbocycles. The number of hydrogen-bond acceptors (Lipinski definition) is 3. The molecule has 1 aromatic carbocycles. The minimum atomic E-state index is -0.0490. The lowest BCUT2D eigenvalue weighted by Crippen LogP contribution is -2.40. The highest BCUT2D eigenvalue weighted by molar-refractivity contribution is 8.06. The Kier molecular flexibility index (Phi) is 6.44. The lowest BCUT2D eigenvalue weighted by molar-refractivity contribution is 0.241. The van der Waals surface area contributed by atoms with Crippen LogP contribution in [0.15, 0.2) is 30.3 Å². The Labute approximate surface area is 123 Å². The first kappa shape index (κ1) is 14.6. The number of urea groups is 1. The average Bonchev–Trinajstić information content (AvgIpc) is 2.47. The van der Waals surface area contributed by atoms with Gasteiger partial charge in [0.1, 0.15) is 0 Å². The average molecular weight is 296 g/mol. The molecule has 1 heterocycles. The van der Waals surface area contributed by atoms with Gasteiger partial charge in [-0.15, -0.1) is 0 Å². The molecule has 1 saturated heterocycles. The molecule has 0 radical (unpaired) electrons. The standard InChI is InChI=1S/C14H20N2OS2/c17-14(16-10-13-11-18-8-9-19-13)15-7-6-12-4-2-1-3-5-12/h1-5,13H,6-11H2,(H2,15,16,17). The second-order valence-electron chi connectivity index (χ2n) is 4.44. The molecular weight excluding hydrogens is 276 g/mol. The van der Waals surface area contributed by atoms with E-state index in [4.69, 9.17) is 0 Å². The first-order valence-electron chi connectivity index (χ1n) is 6.59. The van der Waals surface area contributed by atoms with E-state index in [0.717, 1.165) is 18.7 Å². The molecule has 2 N–H and O–H groups in total. The fraction of sp³-hybridized carbons (Fsp3) is 0.500. The van der Waals surface area contributed by atoms with E-state index in [1.807, 2.05) is 41.7 Å². The van der Waals surface area contributed by atoms with Crippen molar-refractivity contribution < 1.29 is 4.79 Å². The van der Waals surface area contributed by atoms with Crippen molar-refractivity contribution in [2.24, 2.45) is 0 Å². The summed E-state index contributed by atoms with van der Waals surface area (Å²) in [6.45, 7) is 1.46. The summed E-state index contributed by atoms with van der Waals surface area (Å²) >= 11 is 3.94. The van der Waals surface area contributed by atoms with E-state index in [0.29, 0.717) is 11.8 Å². The summed E-state index contributed by atoms with van der Waals surface area (Å²) in [7, 11) is 0. The summed E-state index contributed by atoms with van der Waals surface area (Å²) in [5.41, 5.74) is 1.25. The zero-order valence-electron chi connectivity index (χ0n) is 10.9. The highest BCUT2D eigenvalue weighted by atomic mass is 32.2. The first-order valence-corrected chi connectivity index (χ1v) is 8.80. The fourth-order valence-corrected chi connectivity index (χ4v) is 4.50. The molecule has 3 nitrogen and oxygen atoms in total. The molecule has 19 heavy (non-hydrogen) atoms. The molecule has 0 spiro atoms. The summed E-state index contributed by atoms with van der Waals surface area (Å²) in [4.78, 5) is 11.6. The number of amides is 2. The highest BCUT2D eigenvalue weighted by Crippen LogP contribution is 2.23. The summed E-state index contributed by atoms with van der Waals surface area (Å²) < 4.78 is 0. The SMILES string of the molecule is O=C(NCCc1ccccc1)NCC1CSCCS1. The van der Waals surface area contributed by atoms with Gasteiger partial charge in [0, 0.05) is 35.6 Å². The van der Waals surface area contributed by atoms with Crippen LogP contribution < -0.4 is 10.6 Å². The smallest absolute Gasteiger partial charge is 0.314 e. The van der Waals surface area contributed by atoms with Crippen LogP contribution in [0.3, 0.4) is 0 Å². The van der Waals surface area contributed by atoms with E-state index in [1.54, 1.807) is 0 Å². The fourth-order valence-electron chi connectivity index (χ4n) is 1.89. The Morgan fingerprint density at radius 1 is 1.21 bits per heavy atom. The molecular formula is C14H20N2OS2. The predicted octanol–water partition coefficient (Wildman–Crippen LogP) is 2.38. The maximum Gasteiger partial charge on any atom is 0.314 e. The second-order valence-corrected chi connectivity index (χ2v) is 7.00. The molecule has 0 aromatic heterocycles. The van der Waals surface area contributed by atoms with E-state index >= 15 is 0 Å². The first-order chi connectivity index (χ1) is 9.34. The van der Waals surface area contributed by atoms with Gasteiger partial charge in [-0.3, -0.25) is 0 Å². The van der Waals surface area contributed by atoms with E-state index in [9.17, 15) is 4.79 Å². The van der Waals surface area contributed by atoms with Crippen molar-refractivity contribution in [1.29, 1.82) is 0 Å². The van der Waals surface area contributed by atoms with Gasteiger partial charge in [0.15, 0.2) is 0 Å². The number of benzene rings is 1. The van der Waals surface area contributed by atoms with Crippen LogP contribution in [-0.4, -0.2) is 41.6 Å². The molecule has 2 amide bonds. The van der Waals surface area contributed by atoms with E-state index in [-0.39, 0.29) is 6.03 Å². The van der Waals surface area contributed by atoms with Gasteiger partial charge in [-0.1, -0.05) is 30.3 Å². The number of carbonyl (C=O) groups is 1. The van der Waals surface area contributed by atoms with Gasteiger partial charge in [0.2, 0.25) is 0 Å². The molecule has 1 atom stereocenters. The van der Waals surface area contributed by atoms with Crippen LogP contribution in [0.5, 0.6) is 0 Å². The zero-order chi connectivity index (χ0) is 13.3. The van der Waals surface area contributed by atoms with E-state index < -0.39 is 0 Å². The monoisotopic (exact) mass is 296 g/mol. The second kappa shape index (κ2) is 8.38. The Balaban J connectivity index is 1.57. The lowest BCUT2D eigenvalue weighted by Gasteiger charge is -2.21. The van der Waals surface area contributed by atoms with Crippen molar-refractivity contribution in [1.82, 2.24) is 10.6 Å². The molecule has 1 aromatic rings. The molecule has 104 valence electrons. The summed E-state index contributed by atoms with van der Waals surface area (Å²) in [6, 6.07) is 10.2. The number of rotatable bonds is 5. The maximum atomic E-state index is 11.6.